The average molecular weight is 235 g/mol. The highest BCUT2D eigenvalue weighted by Crippen LogP contribution is 2.22. The fourth-order valence-electron chi connectivity index (χ4n) is 1.52. The summed E-state index contributed by atoms with van der Waals surface area (Å²) in [5, 5.41) is 15.5. The molecule has 2 rings (SSSR count). The second-order valence-corrected chi connectivity index (χ2v) is 4.06. The minimum Gasteiger partial charge on any atom is -0.480 e. The van der Waals surface area contributed by atoms with Crippen molar-refractivity contribution in [3.05, 3.63) is 40.2 Å². The van der Waals surface area contributed by atoms with Crippen LogP contribution in [0.4, 0.5) is 0 Å². The molecule has 16 heavy (non-hydrogen) atoms. The Labute approximate surface area is 98.3 Å². The summed E-state index contributed by atoms with van der Waals surface area (Å²) >= 11 is 1.67. The molecule has 2 heterocycles. The molecule has 0 aromatic carbocycles. The van der Waals surface area contributed by atoms with Crippen LogP contribution in [-0.2, 0) is 0 Å². The number of nitrogens with zero attached hydrogens (tertiary/aromatic N) is 2. The predicted octanol–water partition coefficient (Wildman–Crippen LogP) is 1.86. The lowest BCUT2D eigenvalue weighted by Gasteiger charge is -2.13. The van der Waals surface area contributed by atoms with Crippen molar-refractivity contribution in [3.63, 3.8) is 0 Å². The van der Waals surface area contributed by atoms with Crippen LogP contribution in [-0.4, -0.2) is 24.4 Å². The molecule has 1 N–H and O–H groups in total. The largest absolute Gasteiger partial charge is 0.480 e. The molecule has 2 aromatic heterocycles. The lowest BCUT2D eigenvalue weighted by atomic mass is 10.1. The summed E-state index contributed by atoms with van der Waals surface area (Å²) in [6, 6.07) is 5.91. The van der Waals surface area contributed by atoms with Gasteiger partial charge in [0.05, 0.1) is 18.8 Å². The zero-order valence-electron chi connectivity index (χ0n) is 9.18. The SMILES string of the molecule is CNC(c1ccsc1)c1ccc(OC)nn1. The number of hydrogen-bond acceptors (Lipinski definition) is 5. The normalized spacial score (nSPS) is 12.4. The van der Waals surface area contributed by atoms with E-state index in [0.717, 1.165) is 5.69 Å². The van der Waals surface area contributed by atoms with Gasteiger partial charge < -0.3 is 10.1 Å². The third-order valence-electron chi connectivity index (χ3n) is 2.33. The van der Waals surface area contributed by atoms with Crippen molar-refractivity contribution in [2.75, 3.05) is 14.2 Å². The molecule has 0 bridgehead atoms. The molecule has 0 fully saturated rings. The maximum atomic E-state index is 4.98. The zero-order chi connectivity index (χ0) is 11.4. The van der Waals surface area contributed by atoms with Gasteiger partial charge in [-0.15, -0.1) is 10.2 Å². The Bertz CT molecular complexity index is 427. The summed E-state index contributed by atoms with van der Waals surface area (Å²) in [5.41, 5.74) is 2.09. The Morgan fingerprint density at radius 3 is 2.69 bits per heavy atom. The van der Waals surface area contributed by atoms with Gasteiger partial charge in [-0.1, -0.05) is 0 Å². The number of methoxy groups -OCH3 is 1. The number of hydrogen-bond donors (Lipinski definition) is 1. The highest BCUT2D eigenvalue weighted by atomic mass is 32.1. The van der Waals surface area contributed by atoms with Gasteiger partial charge in [-0.2, -0.15) is 11.3 Å². The summed E-state index contributed by atoms with van der Waals surface area (Å²) in [6.07, 6.45) is 0. The Kier molecular flexibility index (Phi) is 3.48. The molecule has 0 aliphatic heterocycles. The van der Waals surface area contributed by atoms with E-state index in [9.17, 15) is 0 Å². The Balaban J connectivity index is 2.27. The zero-order valence-corrected chi connectivity index (χ0v) is 9.99. The molecular formula is C11H13N3OS. The van der Waals surface area contributed by atoms with Crippen molar-refractivity contribution in [2.45, 2.75) is 6.04 Å². The van der Waals surface area contributed by atoms with Crippen molar-refractivity contribution in [1.82, 2.24) is 15.5 Å². The second kappa shape index (κ2) is 5.05. The van der Waals surface area contributed by atoms with Crippen LogP contribution in [0.1, 0.15) is 17.3 Å². The topological polar surface area (TPSA) is 47.0 Å². The summed E-state index contributed by atoms with van der Waals surface area (Å²) in [4.78, 5) is 0. The van der Waals surface area contributed by atoms with Gasteiger partial charge in [0.25, 0.3) is 0 Å². The van der Waals surface area contributed by atoms with Crippen LogP contribution < -0.4 is 10.1 Å². The number of thiophene rings is 1. The summed E-state index contributed by atoms with van der Waals surface area (Å²) in [7, 11) is 3.49. The monoisotopic (exact) mass is 235 g/mol. The van der Waals surface area contributed by atoms with Gasteiger partial charge in [0.15, 0.2) is 0 Å². The van der Waals surface area contributed by atoms with E-state index in [1.54, 1.807) is 18.4 Å². The maximum Gasteiger partial charge on any atom is 0.233 e. The molecule has 0 amide bonds. The number of rotatable bonds is 4. The van der Waals surface area contributed by atoms with E-state index in [0.29, 0.717) is 5.88 Å². The fraction of sp³-hybridized carbons (Fsp3) is 0.273. The van der Waals surface area contributed by atoms with E-state index in [4.69, 9.17) is 4.74 Å². The molecule has 1 unspecified atom stereocenters. The number of aromatic nitrogens is 2. The van der Waals surface area contributed by atoms with Gasteiger partial charge in [0.1, 0.15) is 0 Å². The van der Waals surface area contributed by atoms with E-state index in [-0.39, 0.29) is 6.04 Å². The van der Waals surface area contributed by atoms with Crippen LogP contribution in [0.15, 0.2) is 29.0 Å². The van der Waals surface area contributed by atoms with Gasteiger partial charge >= 0.3 is 0 Å². The van der Waals surface area contributed by atoms with Gasteiger partial charge in [0.2, 0.25) is 5.88 Å². The van der Waals surface area contributed by atoms with Crippen LogP contribution >= 0.6 is 11.3 Å². The number of ether oxygens (including phenoxy) is 1. The third-order valence-corrected chi connectivity index (χ3v) is 3.03. The summed E-state index contributed by atoms with van der Waals surface area (Å²) in [6.45, 7) is 0. The van der Waals surface area contributed by atoms with Gasteiger partial charge in [-0.3, -0.25) is 0 Å². The van der Waals surface area contributed by atoms with Gasteiger partial charge in [0, 0.05) is 6.07 Å². The third kappa shape index (κ3) is 2.20. The maximum absolute atomic E-state index is 4.98. The Morgan fingerprint density at radius 2 is 2.19 bits per heavy atom. The first-order valence-electron chi connectivity index (χ1n) is 4.92. The van der Waals surface area contributed by atoms with Crippen LogP contribution in [0.2, 0.25) is 0 Å². The minimum absolute atomic E-state index is 0.0876. The van der Waals surface area contributed by atoms with E-state index < -0.39 is 0 Å². The molecule has 0 saturated heterocycles. The molecule has 2 aromatic rings. The lowest BCUT2D eigenvalue weighted by molar-refractivity contribution is 0.390. The molecule has 1 atom stereocenters. The van der Waals surface area contributed by atoms with Gasteiger partial charge in [-0.25, -0.2) is 0 Å². The molecular weight excluding hydrogens is 222 g/mol. The fourth-order valence-corrected chi connectivity index (χ4v) is 2.20. The second-order valence-electron chi connectivity index (χ2n) is 3.28. The van der Waals surface area contributed by atoms with Crippen LogP contribution in [0.3, 0.4) is 0 Å². The molecule has 4 nitrogen and oxygen atoms in total. The molecule has 84 valence electrons. The molecule has 5 heteroatoms. The van der Waals surface area contributed by atoms with Crippen molar-refractivity contribution >= 4 is 11.3 Å². The molecule has 0 radical (unpaired) electrons. The highest BCUT2D eigenvalue weighted by Gasteiger charge is 2.14. The first-order valence-corrected chi connectivity index (χ1v) is 5.86. The minimum atomic E-state index is 0.0876. The summed E-state index contributed by atoms with van der Waals surface area (Å²) in [5.74, 6) is 0.531. The quantitative estimate of drug-likeness (QED) is 0.878. The molecule has 0 saturated carbocycles. The Hall–Kier alpha value is -1.46. The van der Waals surface area contributed by atoms with Crippen LogP contribution in [0, 0.1) is 0 Å². The smallest absolute Gasteiger partial charge is 0.233 e. The first kappa shape index (κ1) is 11.0. The van der Waals surface area contributed by atoms with E-state index >= 15 is 0 Å². The highest BCUT2D eigenvalue weighted by molar-refractivity contribution is 7.08. The lowest BCUT2D eigenvalue weighted by Crippen LogP contribution is -2.18. The standard InChI is InChI=1S/C11H13N3OS/c1-12-11(8-5-6-16-7-8)9-3-4-10(15-2)14-13-9/h3-7,11-12H,1-2H3. The predicted molar refractivity (Wildman–Crippen MR) is 63.8 cm³/mol. The van der Waals surface area contributed by atoms with Gasteiger partial charge in [-0.05, 0) is 35.5 Å². The van der Waals surface area contributed by atoms with E-state index in [1.165, 1.54) is 5.56 Å². The average Bonchev–Trinajstić information content (AvgIpc) is 2.85. The Morgan fingerprint density at radius 1 is 1.31 bits per heavy atom. The summed E-state index contributed by atoms with van der Waals surface area (Å²) < 4.78 is 4.98. The number of nitrogens with one attached hydrogen (secondary N) is 1. The van der Waals surface area contributed by atoms with Crippen molar-refractivity contribution in [3.8, 4) is 5.88 Å². The van der Waals surface area contributed by atoms with Crippen molar-refractivity contribution in [2.24, 2.45) is 0 Å². The van der Waals surface area contributed by atoms with E-state index in [2.05, 4.69) is 32.3 Å². The van der Waals surface area contributed by atoms with Crippen LogP contribution in [0.5, 0.6) is 5.88 Å². The van der Waals surface area contributed by atoms with Crippen molar-refractivity contribution in [1.29, 1.82) is 0 Å². The van der Waals surface area contributed by atoms with E-state index in [1.807, 2.05) is 19.2 Å². The first-order chi connectivity index (χ1) is 7.85. The van der Waals surface area contributed by atoms with Crippen LogP contribution in [0.25, 0.3) is 0 Å². The van der Waals surface area contributed by atoms with Crippen molar-refractivity contribution < 1.29 is 4.74 Å². The molecule has 0 spiro atoms. The molecule has 0 aliphatic carbocycles. The molecule has 0 aliphatic rings.